The maximum atomic E-state index is 13.7. The van der Waals surface area contributed by atoms with Gasteiger partial charge in [-0.05, 0) is 86.9 Å². The van der Waals surface area contributed by atoms with Gasteiger partial charge in [0, 0.05) is 35.0 Å². The Hall–Kier alpha value is -3.31. The first kappa shape index (κ1) is 27.8. The molecule has 0 N–H and O–H groups in total. The van der Waals surface area contributed by atoms with Gasteiger partial charge >= 0.3 is 6.18 Å². The number of rotatable bonds is 5. The molecule has 2 heterocycles. The van der Waals surface area contributed by atoms with Crippen molar-refractivity contribution in [1.29, 1.82) is 0 Å². The van der Waals surface area contributed by atoms with Crippen LogP contribution in [-0.2, 0) is 27.6 Å². The Morgan fingerprint density at radius 3 is 2.59 bits per heavy atom. The van der Waals surface area contributed by atoms with Crippen LogP contribution in [0.2, 0.25) is 0 Å². The van der Waals surface area contributed by atoms with Crippen LogP contribution in [0.3, 0.4) is 0 Å². The van der Waals surface area contributed by atoms with Crippen molar-refractivity contribution < 1.29 is 27.5 Å². The summed E-state index contributed by atoms with van der Waals surface area (Å²) in [4.78, 5) is 30.1. The van der Waals surface area contributed by atoms with Crippen molar-refractivity contribution in [3.05, 3.63) is 64.7 Å². The SMILES string of the molecule is CC(=O)CN1CC[C@]23c4c5cccc4O[C@H]2[C@@H](N(CC(C)C)C(=O)C#Cc2ccc(C(F)(F)F)cc2)CC[C@H]3[C@H]1C5. The molecule has 2 fully saturated rings. The Balaban J connectivity index is 1.33. The molecule has 4 aliphatic rings. The van der Waals surface area contributed by atoms with E-state index in [-0.39, 0.29) is 41.2 Å². The van der Waals surface area contributed by atoms with Crippen molar-refractivity contribution in [2.75, 3.05) is 19.6 Å². The third-order valence-electron chi connectivity index (χ3n) is 9.47. The molecule has 2 bridgehead atoms. The number of likely N-dealkylation sites (tertiary alicyclic amines) is 1. The van der Waals surface area contributed by atoms with Gasteiger partial charge in [0.25, 0.3) is 5.91 Å². The summed E-state index contributed by atoms with van der Waals surface area (Å²) in [5, 5.41) is 0. The third-order valence-corrected chi connectivity index (χ3v) is 9.47. The van der Waals surface area contributed by atoms with Gasteiger partial charge in [-0.1, -0.05) is 31.9 Å². The largest absolute Gasteiger partial charge is 0.487 e. The highest BCUT2D eigenvalue weighted by Crippen LogP contribution is 2.62. The number of ketones is 1. The van der Waals surface area contributed by atoms with Gasteiger partial charge in [0.15, 0.2) is 0 Å². The van der Waals surface area contributed by atoms with Crippen LogP contribution in [-0.4, -0.2) is 59.3 Å². The van der Waals surface area contributed by atoms with E-state index in [2.05, 4.69) is 36.7 Å². The summed E-state index contributed by atoms with van der Waals surface area (Å²) in [6, 6.07) is 10.9. The molecule has 6 rings (SSSR count). The molecule has 216 valence electrons. The quantitative estimate of drug-likeness (QED) is 0.467. The van der Waals surface area contributed by atoms with Crippen molar-refractivity contribution in [1.82, 2.24) is 9.80 Å². The van der Waals surface area contributed by atoms with Crippen LogP contribution in [0.5, 0.6) is 5.75 Å². The summed E-state index contributed by atoms with van der Waals surface area (Å²) in [6.45, 7) is 7.55. The maximum Gasteiger partial charge on any atom is 0.416 e. The van der Waals surface area contributed by atoms with Crippen LogP contribution >= 0.6 is 0 Å². The number of piperidine rings is 1. The molecule has 2 aliphatic carbocycles. The van der Waals surface area contributed by atoms with Crippen molar-refractivity contribution in [2.45, 2.75) is 76.2 Å². The minimum Gasteiger partial charge on any atom is -0.487 e. The lowest BCUT2D eigenvalue weighted by molar-refractivity contribution is -0.139. The minimum atomic E-state index is -4.42. The van der Waals surface area contributed by atoms with Gasteiger partial charge in [-0.2, -0.15) is 13.2 Å². The molecule has 2 aromatic carbocycles. The minimum absolute atomic E-state index is 0.175. The highest BCUT2D eigenvalue weighted by atomic mass is 19.4. The molecule has 5 atom stereocenters. The molecule has 2 aromatic rings. The number of carbonyl (C=O) groups excluding carboxylic acids is 2. The van der Waals surface area contributed by atoms with Crippen molar-refractivity contribution >= 4 is 11.7 Å². The number of hydrogen-bond acceptors (Lipinski definition) is 4. The topological polar surface area (TPSA) is 49.9 Å². The van der Waals surface area contributed by atoms with Gasteiger partial charge in [-0.25, -0.2) is 0 Å². The van der Waals surface area contributed by atoms with Gasteiger partial charge in [0.05, 0.1) is 18.2 Å². The molecule has 1 spiro atoms. The van der Waals surface area contributed by atoms with Crippen LogP contribution in [0.4, 0.5) is 13.2 Å². The molecule has 0 aromatic heterocycles. The number of Topliss-reactive ketones (excluding diaryl/α,β-unsaturated/α-hetero) is 1. The number of halogens is 3. The third kappa shape index (κ3) is 4.72. The summed E-state index contributed by atoms with van der Waals surface area (Å²) in [5.41, 5.74) is 1.97. The number of alkyl halides is 3. The smallest absolute Gasteiger partial charge is 0.416 e. The lowest BCUT2D eigenvalue weighted by Crippen LogP contribution is -2.69. The summed E-state index contributed by atoms with van der Waals surface area (Å²) in [5.74, 6) is 6.82. The fourth-order valence-corrected chi connectivity index (χ4v) is 8.07. The fourth-order valence-electron chi connectivity index (χ4n) is 8.07. The van der Waals surface area contributed by atoms with Gasteiger partial charge < -0.3 is 9.64 Å². The van der Waals surface area contributed by atoms with Crippen LogP contribution in [0.15, 0.2) is 42.5 Å². The monoisotopic (exact) mass is 564 g/mol. The first-order chi connectivity index (χ1) is 19.5. The van der Waals surface area contributed by atoms with Gasteiger partial charge in [-0.15, -0.1) is 0 Å². The Kier molecular flexibility index (Phi) is 6.93. The van der Waals surface area contributed by atoms with E-state index in [1.165, 1.54) is 23.3 Å². The molecule has 0 radical (unpaired) electrons. The summed E-state index contributed by atoms with van der Waals surface area (Å²) < 4.78 is 45.7. The van der Waals surface area contributed by atoms with Crippen LogP contribution in [0.1, 0.15) is 62.3 Å². The van der Waals surface area contributed by atoms with Gasteiger partial charge in [0.1, 0.15) is 17.6 Å². The number of ether oxygens (including phenoxy) is 1. The Morgan fingerprint density at radius 1 is 1.15 bits per heavy atom. The number of carbonyl (C=O) groups is 2. The molecule has 8 heteroatoms. The predicted octanol–water partition coefficient (Wildman–Crippen LogP) is 5.24. The van der Waals surface area contributed by atoms with E-state index in [1.807, 2.05) is 17.0 Å². The second kappa shape index (κ2) is 10.2. The Morgan fingerprint density at radius 2 is 1.90 bits per heavy atom. The molecule has 1 saturated heterocycles. The summed E-state index contributed by atoms with van der Waals surface area (Å²) >= 11 is 0. The Bertz CT molecular complexity index is 1420. The Labute approximate surface area is 239 Å². The normalized spacial score (nSPS) is 27.9. The van der Waals surface area contributed by atoms with Crippen LogP contribution in [0.25, 0.3) is 0 Å². The highest BCUT2D eigenvalue weighted by Gasteiger charge is 2.66. The standard InChI is InChI=1S/C33H35F3N2O3/c1-20(2)18-38(29(40)14-9-22-7-10-24(11-8-22)33(34,35)36)26-13-12-25-27-17-23-5-4-6-28-30(23)32(25,31(26)41-28)15-16-37(27)19-21(3)39/h4-8,10-11,20,25-27,31H,12-13,15-19H2,1-3H3/t25-,26-,27+,31-,32-/m0/s1. The van der Waals surface area contributed by atoms with E-state index in [1.54, 1.807) is 6.92 Å². The van der Waals surface area contributed by atoms with Gasteiger partial charge in [0.2, 0.25) is 0 Å². The number of nitrogens with zero attached hydrogens (tertiary/aromatic N) is 2. The van der Waals surface area contributed by atoms with E-state index in [9.17, 15) is 22.8 Å². The van der Waals surface area contributed by atoms with E-state index >= 15 is 0 Å². The van der Waals surface area contributed by atoms with Crippen molar-refractivity contribution in [3.63, 3.8) is 0 Å². The number of amides is 1. The molecular weight excluding hydrogens is 529 g/mol. The van der Waals surface area contributed by atoms with E-state index in [0.717, 1.165) is 50.1 Å². The summed E-state index contributed by atoms with van der Waals surface area (Å²) in [7, 11) is 0. The molecule has 1 amide bonds. The lowest BCUT2D eigenvalue weighted by Gasteiger charge is -2.60. The molecule has 41 heavy (non-hydrogen) atoms. The van der Waals surface area contributed by atoms with E-state index in [4.69, 9.17) is 4.74 Å². The zero-order valence-corrected chi connectivity index (χ0v) is 23.6. The van der Waals surface area contributed by atoms with E-state index in [0.29, 0.717) is 24.6 Å². The molecular formula is C33H35F3N2O3. The average Bonchev–Trinajstić information content (AvgIpc) is 3.26. The number of hydrogen-bond donors (Lipinski definition) is 0. The second-order valence-electron chi connectivity index (χ2n) is 12.5. The van der Waals surface area contributed by atoms with Crippen molar-refractivity contribution in [2.24, 2.45) is 11.8 Å². The van der Waals surface area contributed by atoms with Crippen LogP contribution in [0, 0.1) is 23.7 Å². The van der Waals surface area contributed by atoms with E-state index < -0.39 is 11.7 Å². The predicted molar refractivity (Wildman–Crippen MR) is 148 cm³/mol. The highest BCUT2D eigenvalue weighted by molar-refractivity contribution is 5.94. The molecule has 5 nitrogen and oxygen atoms in total. The number of benzene rings is 2. The first-order valence-corrected chi connectivity index (χ1v) is 14.5. The lowest BCUT2D eigenvalue weighted by atomic mass is 9.51. The average molecular weight is 565 g/mol. The van der Waals surface area contributed by atoms with Crippen LogP contribution < -0.4 is 4.74 Å². The summed E-state index contributed by atoms with van der Waals surface area (Å²) in [6.07, 6.45) is -1.18. The second-order valence-corrected chi connectivity index (χ2v) is 12.5. The zero-order chi connectivity index (χ0) is 29.1. The first-order valence-electron chi connectivity index (χ1n) is 14.5. The zero-order valence-electron chi connectivity index (χ0n) is 23.6. The molecule has 1 saturated carbocycles. The van der Waals surface area contributed by atoms with Crippen molar-refractivity contribution in [3.8, 4) is 17.6 Å². The molecule has 2 aliphatic heterocycles. The fraction of sp³-hybridized carbons (Fsp3) is 0.515. The maximum absolute atomic E-state index is 13.7. The molecule has 0 unspecified atom stereocenters. The van der Waals surface area contributed by atoms with Gasteiger partial charge in [-0.3, -0.25) is 14.5 Å².